The van der Waals surface area contributed by atoms with E-state index in [0.29, 0.717) is 26.4 Å². The molecule has 0 radical (unpaired) electrons. The Morgan fingerprint density at radius 2 is 2.20 bits per heavy atom. The van der Waals surface area contributed by atoms with Gasteiger partial charge in [0.25, 0.3) is 5.91 Å². The van der Waals surface area contributed by atoms with Gasteiger partial charge in [0.1, 0.15) is 0 Å². The summed E-state index contributed by atoms with van der Waals surface area (Å²) in [7, 11) is 0. The van der Waals surface area contributed by atoms with Crippen molar-refractivity contribution in [2.24, 2.45) is 0 Å². The maximum Gasteiger partial charge on any atom is 0.251 e. The van der Waals surface area contributed by atoms with Crippen molar-refractivity contribution < 1.29 is 14.3 Å². The number of likely N-dealkylation sites (N-methyl/N-ethyl adjacent to an activating group) is 1. The van der Waals surface area contributed by atoms with Gasteiger partial charge in [0.15, 0.2) is 6.10 Å². The van der Waals surface area contributed by atoms with Crippen LogP contribution in [-0.2, 0) is 14.3 Å². The topological polar surface area (TPSA) is 59.6 Å². The van der Waals surface area contributed by atoms with Crippen LogP contribution in [0.25, 0.3) is 0 Å². The zero-order valence-electron chi connectivity index (χ0n) is 8.95. The number of ether oxygens (including phenoxy) is 2. The SMILES string of the molecule is CCNCCNC(=O)C1COCCO1.Cl. The summed E-state index contributed by atoms with van der Waals surface area (Å²) in [5.74, 6) is -0.0809. The van der Waals surface area contributed by atoms with Crippen LogP contribution in [0.2, 0.25) is 0 Å². The van der Waals surface area contributed by atoms with Gasteiger partial charge in [-0.3, -0.25) is 4.79 Å². The quantitative estimate of drug-likeness (QED) is 0.637. The molecule has 1 rings (SSSR count). The molecular formula is C9H19ClN2O3. The maximum absolute atomic E-state index is 11.4. The summed E-state index contributed by atoms with van der Waals surface area (Å²) < 4.78 is 10.4. The number of carbonyl (C=O) groups is 1. The minimum Gasteiger partial charge on any atom is -0.376 e. The fraction of sp³-hybridized carbons (Fsp3) is 0.889. The Balaban J connectivity index is 0.00000196. The second kappa shape index (κ2) is 8.91. The van der Waals surface area contributed by atoms with Crippen LogP contribution in [0.3, 0.4) is 0 Å². The third kappa shape index (κ3) is 5.94. The Morgan fingerprint density at radius 1 is 1.40 bits per heavy atom. The molecule has 5 nitrogen and oxygen atoms in total. The second-order valence-corrected chi connectivity index (χ2v) is 3.08. The van der Waals surface area contributed by atoms with Gasteiger partial charge >= 0.3 is 0 Å². The van der Waals surface area contributed by atoms with Gasteiger partial charge in [-0.2, -0.15) is 0 Å². The van der Waals surface area contributed by atoms with E-state index in [9.17, 15) is 4.79 Å². The molecule has 1 unspecified atom stereocenters. The van der Waals surface area contributed by atoms with Crippen LogP contribution in [0, 0.1) is 0 Å². The first-order chi connectivity index (χ1) is 6.84. The minimum atomic E-state index is -0.426. The predicted molar refractivity (Wildman–Crippen MR) is 59.4 cm³/mol. The predicted octanol–water partition coefficient (Wildman–Crippen LogP) is -0.451. The molecule has 1 amide bonds. The van der Waals surface area contributed by atoms with Crippen LogP contribution < -0.4 is 10.6 Å². The molecule has 1 fully saturated rings. The first-order valence-electron chi connectivity index (χ1n) is 5.02. The summed E-state index contributed by atoms with van der Waals surface area (Å²) >= 11 is 0. The molecular weight excluding hydrogens is 220 g/mol. The van der Waals surface area contributed by atoms with Crippen molar-refractivity contribution in [3.8, 4) is 0 Å². The first-order valence-corrected chi connectivity index (χ1v) is 5.02. The van der Waals surface area contributed by atoms with Gasteiger partial charge in [0, 0.05) is 13.1 Å². The van der Waals surface area contributed by atoms with Gasteiger partial charge in [-0.25, -0.2) is 0 Å². The lowest BCUT2D eigenvalue weighted by Gasteiger charge is -2.21. The Hall–Kier alpha value is -0.360. The van der Waals surface area contributed by atoms with Gasteiger partial charge in [0.05, 0.1) is 19.8 Å². The first kappa shape index (κ1) is 14.6. The highest BCUT2D eigenvalue weighted by molar-refractivity contribution is 5.85. The summed E-state index contributed by atoms with van der Waals surface area (Å²) in [6.45, 7) is 5.82. The van der Waals surface area contributed by atoms with Gasteiger partial charge < -0.3 is 20.1 Å². The molecule has 0 aliphatic carbocycles. The monoisotopic (exact) mass is 238 g/mol. The normalized spacial score (nSPS) is 20.5. The van der Waals surface area contributed by atoms with Gasteiger partial charge in [-0.05, 0) is 6.54 Å². The lowest BCUT2D eigenvalue weighted by Crippen LogP contribution is -2.44. The van der Waals surface area contributed by atoms with Crippen LogP contribution in [0.15, 0.2) is 0 Å². The molecule has 1 aliphatic heterocycles. The van der Waals surface area contributed by atoms with E-state index in [4.69, 9.17) is 9.47 Å². The standard InChI is InChI=1S/C9H18N2O3.ClH/c1-2-10-3-4-11-9(12)8-7-13-5-6-14-8;/h8,10H,2-7H2,1H3,(H,11,12);1H. The molecule has 0 saturated carbocycles. The molecule has 1 saturated heterocycles. The number of rotatable bonds is 5. The van der Waals surface area contributed by atoms with Crippen LogP contribution in [0.5, 0.6) is 0 Å². The summed E-state index contributed by atoms with van der Waals surface area (Å²) in [5.41, 5.74) is 0. The van der Waals surface area contributed by atoms with Crippen molar-refractivity contribution in [3.63, 3.8) is 0 Å². The zero-order valence-corrected chi connectivity index (χ0v) is 9.77. The third-order valence-electron chi connectivity index (χ3n) is 1.96. The number of carbonyl (C=O) groups excluding carboxylic acids is 1. The van der Waals surface area contributed by atoms with E-state index in [1.54, 1.807) is 0 Å². The van der Waals surface area contributed by atoms with Crippen molar-refractivity contribution in [2.45, 2.75) is 13.0 Å². The molecule has 1 aliphatic rings. The van der Waals surface area contributed by atoms with E-state index >= 15 is 0 Å². The largest absolute Gasteiger partial charge is 0.376 e. The molecule has 0 spiro atoms. The van der Waals surface area contributed by atoms with E-state index in [-0.39, 0.29) is 18.3 Å². The number of hydrogen-bond acceptors (Lipinski definition) is 4. The Morgan fingerprint density at radius 3 is 2.80 bits per heavy atom. The van der Waals surface area contributed by atoms with E-state index in [0.717, 1.165) is 13.1 Å². The molecule has 2 N–H and O–H groups in total. The summed E-state index contributed by atoms with van der Waals surface area (Å²) in [4.78, 5) is 11.4. The fourth-order valence-electron chi connectivity index (χ4n) is 1.20. The molecule has 6 heteroatoms. The van der Waals surface area contributed by atoms with E-state index in [1.165, 1.54) is 0 Å². The van der Waals surface area contributed by atoms with Crippen molar-refractivity contribution in [2.75, 3.05) is 39.5 Å². The van der Waals surface area contributed by atoms with Crippen LogP contribution in [-0.4, -0.2) is 51.5 Å². The van der Waals surface area contributed by atoms with Crippen LogP contribution >= 0.6 is 12.4 Å². The average Bonchev–Trinajstić information content (AvgIpc) is 2.25. The molecule has 0 bridgehead atoms. The number of hydrogen-bond donors (Lipinski definition) is 2. The van der Waals surface area contributed by atoms with Crippen molar-refractivity contribution in [3.05, 3.63) is 0 Å². The van der Waals surface area contributed by atoms with E-state index in [2.05, 4.69) is 10.6 Å². The highest BCUT2D eigenvalue weighted by atomic mass is 35.5. The molecule has 90 valence electrons. The molecule has 1 atom stereocenters. The lowest BCUT2D eigenvalue weighted by molar-refractivity contribution is -0.147. The van der Waals surface area contributed by atoms with Crippen molar-refractivity contribution >= 4 is 18.3 Å². The Kier molecular flexibility index (Phi) is 8.70. The molecule has 1 heterocycles. The molecule has 15 heavy (non-hydrogen) atoms. The second-order valence-electron chi connectivity index (χ2n) is 3.08. The fourth-order valence-corrected chi connectivity index (χ4v) is 1.20. The molecule has 0 aromatic rings. The third-order valence-corrected chi connectivity index (χ3v) is 1.96. The lowest BCUT2D eigenvalue weighted by atomic mass is 10.3. The molecule has 0 aromatic carbocycles. The number of amides is 1. The van der Waals surface area contributed by atoms with E-state index in [1.807, 2.05) is 6.92 Å². The van der Waals surface area contributed by atoms with Crippen molar-refractivity contribution in [1.82, 2.24) is 10.6 Å². The number of nitrogens with one attached hydrogen (secondary N) is 2. The highest BCUT2D eigenvalue weighted by Crippen LogP contribution is 1.99. The smallest absolute Gasteiger partial charge is 0.251 e. The summed E-state index contributed by atoms with van der Waals surface area (Å²) in [6.07, 6.45) is -0.426. The zero-order chi connectivity index (χ0) is 10.2. The highest BCUT2D eigenvalue weighted by Gasteiger charge is 2.21. The van der Waals surface area contributed by atoms with Crippen LogP contribution in [0.4, 0.5) is 0 Å². The van der Waals surface area contributed by atoms with Gasteiger partial charge in [-0.15, -0.1) is 12.4 Å². The summed E-state index contributed by atoms with van der Waals surface area (Å²) in [6, 6.07) is 0. The van der Waals surface area contributed by atoms with Crippen molar-refractivity contribution in [1.29, 1.82) is 0 Å². The van der Waals surface area contributed by atoms with Gasteiger partial charge in [-0.1, -0.05) is 6.92 Å². The Bertz CT molecular complexity index is 175. The molecule has 0 aromatic heterocycles. The van der Waals surface area contributed by atoms with Crippen LogP contribution in [0.1, 0.15) is 6.92 Å². The summed E-state index contributed by atoms with van der Waals surface area (Å²) in [5, 5.41) is 5.90. The number of halogens is 1. The minimum absolute atomic E-state index is 0. The average molecular weight is 239 g/mol. The maximum atomic E-state index is 11.4. The van der Waals surface area contributed by atoms with Gasteiger partial charge in [0.2, 0.25) is 0 Å². The Labute approximate surface area is 96.3 Å². The van der Waals surface area contributed by atoms with E-state index < -0.39 is 6.10 Å².